The van der Waals surface area contributed by atoms with Gasteiger partial charge in [-0.15, -0.1) is 0 Å². The molecule has 0 fully saturated rings. The number of nitrogens with zero attached hydrogens (tertiary/aromatic N) is 1. The second kappa shape index (κ2) is 6.53. The van der Waals surface area contributed by atoms with E-state index in [9.17, 15) is 14.9 Å². The van der Waals surface area contributed by atoms with Crippen molar-refractivity contribution in [2.75, 3.05) is 13.7 Å². The van der Waals surface area contributed by atoms with Gasteiger partial charge in [-0.2, -0.15) is 0 Å². The highest BCUT2D eigenvalue weighted by molar-refractivity contribution is 9.10. The fourth-order valence-electron chi connectivity index (χ4n) is 1.90. The van der Waals surface area contributed by atoms with Gasteiger partial charge >= 0.3 is 5.97 Å². The molecule has 0 heterocycles. The number of rotatable bonds is 5. The topological polar surface area (TPSA) is 78.7 Å². The highest BCUT2D eigenvalue weighted by Gasteiger charge is 2.18. The molecule has 2 rings (SSSR count). The predicted octanol–water partition coefficient (Wildman–Crippen LogP) is 3.06. The number of benzene rings is 2. The van der Waals surface area contributed by atoms with Crippen LogP contribution in [0.5, 0.6) is 5.75 Å². The third kappa shape index (κ3) is 3.30. The summed E-state index contributed by atoms with van der Waals surface area (Å²) < 4.78 is 10.2. The van der Waals surface area contributed by atoms with Crippen LogP contribution >= 0.6 is 15.9 Å². The first-order valence-electron chi connectivity index (χ1n) is 6.05. The number of nitro benzene ring substituents is 1. The van der Waals surface area contributed by atoms with Crippen LogP contribution in [-0.4, -0.2) is 29.4 Å². The van der Waals surface area contributed by atoms with Crippen LogP contribution < -0.4 is 4.74 Å². The highest BCUT2D eigenvalue weighted by Crippen LogP contribution is 2.32. The van der Waals surface area contributed by atoms with E-state index in [4.69, 9.17) is 4.74 Å². The van der Waals surface area contributed by atoms with Crippen LogP contribution in [0.3, 0.4) is 0 Å². The normalized spacial score (nSPS) is 11.9. The number of fused-ring (bicyclic) bond motifs is 1. The molecule has 0 aliphatic heterocycles. The van der Waals surface area contributed by atoms with E-state index in [2.05, 4.69) is 20.7 Å². The van der Waals surface area contributed by atoms with Gasteiger partial charge in [0.25, 0.3) is 5.69 Å². The SMILES string of the molecule is COC(=O)C(Br)COc1ccc([N+](=O)[O-])c2ccccc12. The second-order valence-electron chi connectivity index (χ2n) is 4.19. The summed E-state index contributed by atoms with van der Waals surface area (Å²) in [5.74, 6) is 0.0331. The molecule has 1 atom stereocenters. The zero-order chi connectivity index (χ0) is 15.4. The minimum Gasteiger partial charge on any atom is -0.491 e. The number of carbonyl (C=O) groups is 1. The summed E-state index contributed by atoms with van der Waals surface area (Å²) in [7, 11) is 1.29. The van der Waals surface area contributed by atoms with Gasteiger partial charge in [0, 0.05) is 11.5 Å². The van der Waals surface area contributed by atoms with Crippen LogP contribution in [0.15, 0.2) is 36.4 Å². The number of hydrogen-bond acceptors (Lipinski definition) is 5. The molecule has 0 spiro atoms. The van der Waals surface area contributed by atoms with Gasteiger partial charge in [-0.3, -0.25) is 14.9 Å². The third-order valence-corrected chi connectivity index (χ3v) is 3.54. The lowest BCUT2D eigenvalue weighted by molar-refractivity contribution is -0.383. The monoisotopic (exact) mass is 353 g/mol. The van der Waals surface area contributed by atoms with E-state index in [1.807, 2.05) is 0 Å². The van der Waals surface area contributed by atoms with E-state index in [0.29, 0.717) is 16.5 Å². The van der Waals surface area contributed by atoms with E-state index >= 15 is 0 Å². The van der Waals surface area contributed by atoms with Crippen LogP contribution in [0.4, 0.5) is 5.69 Å². The van der Waals surface area contributed by atoms with E-state index in [1.54, 1.807) is 24.3 Å². The summed E-state index contributed by atoms with van der Waals surface area (Å²) in [4.78, 5) is 21.3. The fourth-order valence-corrected chi connectivity index (χ4v) is 2.22. The Morgan fingerprint density at radius 2 is 1.95 bits per heavy atom. The summed E-state index contributed by atoms with van der Waals surface area (Å²) in [5, 5.41) is 12.1. The number of alkyl halides is 1. The predicted molar refractivity (Wildman–Crippen MR) is 80.8 cm³/mol. The lowest BCUT2D eigenvalue weighted by Crippen LogP contribution is -2.23. The number of carbonyl (C=O) groups excluding carboxylic acids is 1. The minimum absolute atomic E-state index is 0.0151. The first-order chi connectivity index (χ1) is 10.0. The average Bonchev–Trinajstić information content (AvgIpc) is 2.51. The average molecular weight is 354 g/mol. The first kappa shape index (κ1) is 15.2. The molecule has 1 unspecified atom stereocenters. The summed E-state index contributed by atoms with van der Waals surface area (Å²) in [6, 6.07) is 9.80. The zero-order valence-corrected chi connectivity index (χ0v) is 12.7. The Bertz CT molecular complexity index is 688. The molecule has 110 valence electrons. The number of nitro groups is 1. The van der Waals surface area contributed by atoms with Crippen molar-refractivity contribution in [1.82, 2.24) is 0 Å². The maximum absolute atomic E-state index is 11.3. The van der Waals surface area contributed by atoms with Gasteiger partial charge in [0.1, 0.15) is 17.2 Å². The quantitative estimate of drug-likeness (QED) is 0.357. The number of hydrogen-bond donors (Lipinski definition) is 0. The molecule has 0 bridgehead atoms. The highest BCUT2D eigenvalue weighted by atomic mass is 79.9. The summed E-state index contributed by atoms with van der Waals surface area (Å²) in [6.45, 7) is 0.0640. The smallest absolute Gasteiger partial charge is 0.322 e. The molecule has 0 N–H and O–H groups in total. The lowest BCUT2D eigenvalue weighted by Gasteiger charge is -2.12. The minimum atomic E-state index is -0.601. The number of non-ortho nitro benzene ring substituents is 1. The second-order valence-corrected chi connectivity index (χ2v) is 5.29. The van der Waals surface area contributed by atoms with Gasteiger partial charge in [-0.05, 0) is 12.1 Å². The standard InChI is InChI=1S/C14H12BrNO5/c1-20-14(17)11(15)8-21-13-7-6-12(16(18)19)9-4-2-3-5-10(9)13/h2-7,11H,8H2,1H3. The molecule has 0 aromatic heterocycles. The van der Waals surface area contributed by atoms with Crippen LogP contribution in [-0.2, 0) is 9.53 Å². The van der Waals surface area contributed by atoms with Crippen molar-refractivity contribution in [3.05, 3.63) is 46.5 Å². The summed E-state index contributed by atoms with van der Waals surface area (Å²) >= 11 is 3.15. The van der Waals surface area contributed by atoms with Gasteiger partial charge < -0.3 is 9.47 Å². The third-order valence-electron chi connectivity index (χ3n) is 2.90. The maximum Gasteiger partial charge on any atom is 0.322 e. The lowest BCUT2D eigenvalue weighted by atomic mass is 10.1. The van der Waals surface area contributed by atoms with Crippen molar-refractivity contribution in [3.8, 4) is 5.75 Å². The number of halogens is 1. The van der Waals surface area contributed by atoms with Gasteiger partial charge in [-0.25, -0.2) is 0 Å². The van der Waals surface area contributed by atoms with Gasteiger partial charge in [0.2, 0.25) is 0 Å². The molecule has 0 saturated heterocycles. The molecule has 0 aliphatic carbocycles. The van der Waals surface area contributed by atoms with E-state index < -0.39 is 15.7 Å². The van der Waals surface area contributed by atoms with E-state index in [1.165, 1.54) is 19.2 Å². The van der Waals surface area contributed by atoms with Crippen molar-refractivity contribution in [1.29, 1.82) is 0 Å². The van der Waals surface area contributed by atoms with Crippen LogP contribution in [0.2, 0.25) is 0 Å². The summed E-state index contributed by atoms with van der Waals surface area (Å²) in [6.07, 6.45) is 0. The Hall–Kier alpha value is -2.15. The molecule has 0 aliphatic rings. The molecule has 21 heavy (non-hydrogen) atoms. The Morgan fingerprint density at radius 1 is 1.29 bits per heavy atom. The van der Waals surface area contributed by atoms with Crippen molar-refractivity contribution < 1.29 is 19.2 Å². The van der Waals surface area contributed by atoms with E-state index in [-0.39, 0.29) is 12.3 Å². The van der Waals surface area contributed by atoms with Crippen LogP contribution in [0.25, 0.3) is 10.8 Å². The van der Waals surface area contributed by atoms with Gasteiger partial charge in [0.05, 0.1) is 17.4 Å². The Labute approximate surface area is 128 Å². The Balaban J connectivity index is 2.31. The zero-order valence-electron chi connectivity index (χ0n) is 11.1. The summed E-state index contributed by atoms with van der Waals surface area (Å²) in [5.41, 5.74) is 0.0151. The molecular formula is C14H12BrNO5. The van der Waals surface area contributed by atoms with Crippen LogP contribution in [0, 0.1) is 10.1 Å². The van der Waals surface area contributed by atoms with Crippen molar-refractivity contribution in [2.24, 2.45) is 0 Å². The maximum atomic E-state index is 11.3. The molecule has 0 saturated carbocycles. The molecule has 6 nitrogen and oxygen atoms in total. The van der Waals surface area contributed by atoms with Gasteiger partial charge in [0.15, 0.2) is 0 Å². The number of esters is 1. The van der Waals surface area contributed by atoms with Crippen molar-refractivity contribution in [3.63, 3.8) is 0 Å². The van der Waals surface area contributed by atoms with E-state index in [0.717, 1.165) is 0 Å². The number of ether oxygens (including phenoxy) is 2. The Morgan fingerprint density at radius 3 is 2.57 bits per heavy atom. The first-order valence-corrected chi connectivity index (χ1v) is 6.97. The molecule has 7 heteroatoms. The molecule has 0 amide bonds. The van der Waals surface area contributed by atoms with Crippen molar-refractivity contribution >= 4 is 38.4 Å². The van der Waals surface area contributed by atoms with Gasteiger partial charge in [-0.1, -0.05) is 34.1 Å². The fraction of sp³-hybridized carbons (Fsp3) is 0.214. The van der Waals surface area contributed by atoms with Crippen molar-refractivity contribution in [2.45, 2.75) is 4.83 Å². The number of methoxy groups -OCH3 is 1. The Kier molecular flexibility index (Phi) is 4.74. The molecular weight excluding hydrogens is 342 g/mol. The molecule has 2 aromatic carbocycles. The largest absolute Gasteiger partial charge is 0.491 e. The van der Waals surface area contributed by atoms with Crippen LogP contribution in [0.1, 0.15) is 0 Å². The molecule has 0 radical (unpaired) electrons. The molecule has 2 aromatic rings.